The second-order valence-corrected chi connectivity index (χ2v) is 7.08. The van der Waals surface area contributed by atoms with Crippen LogP contribution in [0.2, 0.25) is 0 Å². The van der Waals surface area contributed by atoms with Crippen LogP contribution in [-0.2, 0) is 11.8 Å². The SMILES string of the molecule is CC(C)C[C@@H](Nc1cnc(C#N)c(Nc2cccc3c2ccn3C)n1)C(N)=O. The molecule has 1 aromatic carbocycles. The summed E-state index contributed by atoms with van der Waals surface area (Å²) in [4.78, 5) is 20.4. The molecule has 2 aromatic heterocycles. The van der Waals surface area contributed by atoms with Gasteiger partial charge in [0.2, 0.25) is 5.91 Å². The fourth-order valence-corrected chi connectivity index (χ4v) is 3.06. The quantitative estimate of drug-likeness (QED) is 0.582. The fourth-order valence-electron chi connectivity index (χ4n) is 3.06. The standard InChI is InChI=1S/C20H23N7O/c1-12(2)9-15(19(22)28)24-18-11-23-16(10-21)20(26-18)25-14-5-4-6-17-13(14)7-8-27(17)3/h4-8,11-12,15H,9H2,1-3H3,(H2,22,28)(H2,24,25,26)/t15-/m1/s1. The first-order valence-corrected chi connectivity index (χ1v) is 9.03. The van der Waals surface area contributed by atoms with Crippen LogP contribution in [0.3, 0.4) is 0 Å². The number of nitrogens with two attached hydrogens (primary N) is 1. The summed E-state index contributed by atoms with van der Waals surface area (Å²) in [6, 6.07) is 9.33. The fraction of sp³-hybridized carbons (Fsp3) is 0.300. The van der Waals surface area contributed by atoms with Crippen molar-refractivity contribution in [2.45, 2.75) is 26.3 Å². The molecule has 0 fully saturated rings. The van der Waals surface area contributed by atoms with E-state index in [-0.39, 0.29) is 11.6 Å². The Kier molecular flexibility index (Phi) is 5.45. The van der Waals surface area contributed by atoms with Crippen molar-refractivity contribution in [3.63, 3.8) is 0 Å². The van der Waals surface area contributed by atoms with E-state index in [1.165, 1.54) is 6.20 Å². The third-order valence-corrected chi connectivity index (χ3v) is 4.43. The molecule has 0 spiro atoms. The molecule has 3 rings (SSSR count). The van der Waals surface area contributed by atoms with Crippen molar-refractivity contribution >= 4 is 34.1 Å². The summed E-state index contributed by atoms with van der Waals surface area (Å²) < 4.78 is 2.01. The minimum atomic E-state index is -0.562. The average molecular weight is 377 g/mol. The van der Waals surface area contributed by atoms with Gasteiger partial charge in [0.05, 0.1) is 6.20 Å². The maximum absolute atomic E-state index is 11.7. The lowest BCUT2D eigenvalue weighted by molar-refractivity contribution is -0.119. The Morgan fingerprint density at radius 3 is 2.82 bits per heavy atom. The number of hydrogen-bond acceptors (Lipinski definition) is 6. The molecule has 0 aliphatic heterocycles. The molecule has 0 aliphatic rings. The molecule has 3 aromatic rings. The molecule has 4 N–H and O–H groups in total. The van der Waals surface area contributed by atoms with Gasteiger partial charge >= 0.3 is 0 Å². The molecule has 8 nitrogen and oxygen atoms in total. The number of aryl methyl sites for hydroxylation is 1. The molecule has 0 radical (unpaired) electrons. The number of nitrogens with zero attached hydrogens (tertiary/aromatic N) is 4. The second-order valence-electron chi connectivity index (χ2n) is 7.08. The molecule has 0 saturated carbocycles. The molecule has 2 heterocycles. The summed E-state index contributed by atoms with van der Waals surface area (Å²) in [5, 5.41) is 16.6. The zero-order valence-corrected chi connectivity index (χ0v) is 16.1. The smallest absolute Gasteiger partial charge is 0.239 e. The maximum Gasteiger partial charge on any atom is 0.239 e. The monoisotopic (exact) mass is 377 g/mol. The normalized spacial score (nSPS) is 12.0. The van der Waals surface area contributed by atoms with Crippen molar-refractivity contribution in [1.82, 2.24) is 14.5 Å². The number of rotatable bonds is 7. The van der Waals surface area contributed by atoms with Crippen molar-refractivity contribution in [3.05, 3.63) is 42.4 Å². The molecule has 8 heteroatoms. The molecule has 28 heavy (non-hydrogen) atoms. The summed E-state index contributed by atoms with van der Waals surface area (Å²) in [6.07, 6.45) is 3.97. The zero-order valence-electron chi connectivity index (χ0n) is 16.1. The van der Waals surface area contributed by atoms with Gasteiger partial charge in [-0.05, 0) is 30.5 Å². The van der Waals surface area contributed by atoms with Crippen molar-refractivity contribution in [1.29, 1.82) is 5.26 Å². The average Bonchev–Trinajstić information content (AvgIpc) is 3.03. The van der Waals surface area contributed by atoms with Gasteiger partial charge < -0.3 is 20.9 Å². The molecule has 0 saturated heterocycles. The lowest BCUT2D eigenvalue weighted by Crippen LogP contribution is -2.36. The first-order chi connectivity index (χ1) is 13.4. The molecule has 144 valence electrons. The second kappa shape index (κ2) is 7.96. The lowest BCUT2D eigenvalue weighted by Gasteiger charge is -2.18. The number of hydrogen-bond donors (Lipinski definition) is 3. The number of aromatic nitrogens is 3. The highest BCUT2D eigenvalue weighted by atomic mass is 16.1. The van der Waals surface area contributed by atoms with Crippen molar-refractivity contribution < 1.29 is 4.79 Å². The highest BCUT2D eigenvalue weighted by molar-refractivity contribution is 5.94. The van der Waals surface area contributed by atoms with Gasteiger partial charge in [0.15, 0.2) is 11.5 Å². The predicted octanol–water partition coefficient (Wildman–Crippen LogP) is 2.90. The Balaban J connectivity index is 1.93. The summed E-state index contributed by atoms with van der Waals surface area (Å²) >= 11 is 0. The van der Waals surface area contributed by atoms with Crippen LogP contribution in [0.5, 0.6) is 0 Å². The van der Waals surface area contributed by atoms with Crippen LogP contribution in [0.15, 0.2) is 36.7 Å². The highest BCUT2D eigenvalue weighted by Crippen LogP contribution is 2.27. The summed E-state index contributed by atoms with van der Waals surface area (Å²) in [5.41, 5.74) is 7.53. The van der Waals surface area contributed by atoms with Gasteiger partial charge in [-0.1, -0.05) is 19.9 Å². The van der Waals surface area contributed by atoms with E-state index in [0.717, 1.165) is 16.6 Å². The number of anilines is 3. The number of amides is 1. The van der Waals surface area contributed by atoms with Gasteiger partial charge in [0.25, 0.3) is 0 Å². The largest absolute Gasteiger partial charge is 0.368 e. The summed E-state index contributed by atoms with van der Waals surface area (Å²) in [6.45, 7) is 4.02. The topological polar surface area (TPSA) is 122 Å². The third kappa shape index (κ3) is 4.04. The van der Waals surface area contributed by atoms with Crippen LogP contribution in [0.4, 0.5) is 17.3 Å². The molecule has 1 amide bonds. The number of nitrogens with one attached hydrogen (secondary N) is 2. The van der Waals surface area contributed by atoms with Crippen LogP contribution in [0.25, 0.3) is 10.9 Å². The Morgan fingerprint density at radius 1 is 1.36 bits per heavy atom. The van der Waals surface area contributed by atoms with Gasteiger partial charge in [-0.25, -0.2) is 9.97 Å². The van der Waals surface area contributed by atoms with Gasteiger partial charge in [0, 0.05) is 29.8 Å². The highest BCUT2D eigenvalue weighted by Gasteiger charge is 2.18. The number of primary amides is 1. The number of carbonyl (C=O) groups is 1. The van der Waals surface area contributed by atoms with Gasteiger partial charge in [-0.15, -0.1) is 0 Å². The van der Waals surface area contributed by atoms with Crippen LogP contribution in [-0.4, -0.2) is 26.5 Å². The van der Waals surface area contributed by atoms with E-state index in [2.05, 4.69) is 20.6 Å². The van der Waals surface area contributed by atoms with Gasteiger partial charge in [-0.2, -0.15) is 5.26 Å². The number of fused-ring (bicyclic) bond motifs is 1. The molecule has 1 atom stereocenters. The van der Waals surface area contributed by atoms with Gasteiger partial charge in [-0.3, -0.25) is 4.79 Å². The number of benzene rings is 1. The Morgan fingerprint density at radius 2 is 2.14 bits per heavy atom. The molecule has 0 aliphatic carbocycles. The first kappa shape index (κ1) is 19.2. The van der Waals surface area contributed by atoms with Gasteiger partial charge in [0.1, 0.15) is 17.9 Å². The summed E-state index contributed by atoms with van der Waals surface area (Å²) in [7, 11) is 1.97. The van der Waals surface area contributed by atoms with E-state index in [9.17, 15) is 10.1 Å². The molecule has 0 unspecified atom stereocenters. The van der Waals surface area contributed by atoms with Crippen molar-refractivity contribution in [3.8, 4) is 6.07 Å². The first-order valence-electron chi connectivity index (χ1n) is 9.03. The van der Waals surface area contributed by atoms with Crippen LogP contribution in [0.1, 0.15) is 26.0 Å². The Hall–Kier alpha value is -3.60. The van der Waals surface area contributed by atoms with E-state index >= 15 is 0 Å². The van der Waals surface area contributed by atoms with Crippen LogP contribution in [0, 0.1) is 17.2 Å². The number of carbonyl (C=O) groups excluding carboxylic acids is 1. The van der Waals surface area contributed by atoms with E-state index in [4.69, 9.17) is 5.73 Å². The Bertz CT molecular complexity index is 1050. The van der Waals surface area contributed by atoms with Crippen LogP contribution < -0.4 is 16.4 Å². The van der Waals surface area contributed by atoms with E-state index in [1.807, 2.05) is 62.0 Å². The van der Waals surface area contributed by atoms with Crippen LogP contribution >= 0.6 is 0 Å². The lowest BCUT2D eigenvalue weighted by atomic mass is 10.0. The van der Waals surface area contributed by atoms with E-state index in [0.29, 0.717) is 18.1 Å². The predicted molar refractivity (Wildman–Crippen MR) is 109 cm³/mol. The van der Waals surface area contributed by atoms with E-state index in [1.54, 1.807) is 0 Å². The van der Waals surface area contributed by atoms with Crippen molar-refractivity contribution in [2.24, 2.45) is 18.7 Å². The third-order valence-electron chi connectivity index (χ3n) is 4.43. The minimum absolute atomic E-state index is 0.165. The molecular formula is C20H23N7O. The molecular weight excluding hydrogens is 354 g/mol. The number of nitriles is 1. The zero-order chi connectivity index (χ0) is 20.3. The van der Waals surface area contributed by atoms with Crippen molar-refractivity contribution in [2.75, 3.05) is 10.6 Å². The molecule has 0 bridgehead atoms. The summed E-state index contributed by atoms with van der Waals surface area (Å²) in [5.74, 6) is 0.524. The van der Waals surface area contributed by atoms with E-state index < -0.39 is 11.9 Å². The minimum Gasteiger partial charge on any atom is -0.368 e. The Labute approximate surface area is 163 Å². The maximum atomic E-state index is 11.7.